The fourth-order valence-corrected chi connectivity index (χ4v) is 1.32. The van der Waals surface area contributed by atoms with Crippen molar-refractivity contribution in [2.45, 2.75) is 38.5 Å². The number of carbonyl (C=O) groups excluding carboxylic acids is 2. The molecule has 5 heteroatoms. The van der Waals surface area contributed by atoms with Crippen molar-refractivity contribution < 1.29 is 44.3 Å². The molecule has 0 aliphatic heterocycles. The Hall–Kier alpha value is -0.320. The Labute approximate surface area is 125 Å². The van der Waals surface area contributed by atoms with Gasteiger partial charge in [0, 0.05) is 32.4 Å². The topological polar surface area (TPSA) is 60.4 Å². The summed E-state index contributed by atoms with van der Waals surface area (Å²) in [5.74, 6) is -1.12. The van der Waals surface area contributed by atoms with Gasteiger partial charge in [0.2, 0.25) is 5.91 Å². The molecular weight excluding hydrogens is 229 g/mol. The van der Waals surface area contributed by atoms with Crippen LogP contribution in [0.4, 0.5) is 0 Å². The van der Waals surface area contributed by atoms with Gasteiger partial charge < -0.3 is 14.8 Å². The number of unbranched alkanes of at least 4 members (excludes halogenated alkanes) is 3. The number of carboxylic acid groups (broad SMARTS) is 1. The van der Waals surface area contributed by atoms with Gasteiger partial charge in [-0.15, -0.1) is 6.58 Å². The van der Waals surface area contributed by atoms with Crippen LogP contribution < -0.4 is 34.7 Å². The second-order valence-corrected chi connectivity index (χ2v) is 3.83. The number of nitrogens with zero attached hydrogens (tertiary/aromatic N) is 1. The molecule has 0 saturated heterocycles. The fourth-order valence-electron chi connectivity index (χ4n) is 1.32. The maximum absolute atomic E-state index is 11.5. The maximum Gasteiger partial charge on any atom is 1.00 e. The van der Waals surface area contributed by atoms with Gasteiger partial charge in [0.1, 0.15) is 0 Å². The van der Waals surface area contributed by atoms with Gasteiger partial charge in [-0.25, -0.2) is 0 Å². The van der Waals surface area contributed by atoms with Crippen molar-refractivity contribution in [3.05, 3.63) is 12.7 Å². The number of aliphatic carboxylic acids is 1. The van der Waals surface area contributed by atoms with E-state index < -0.39 is 5.97 Å². The van der Waals surface area contributed by atoms with E-state index in [1.807, 2.05) is 6.08 Å². The Morgan fingerprint density at radius 2 is 1.88 bits per heavy atom. The Kier molecular flexibility index (Phi) is 13.6. The van der Waals surface area contributed by atoms with E-state index >= 15 is 0 Å². The average molecular weight is 249 g/mol. The quantitative estimate of drug-likeness (QED) is 0.263. The van der Waals surface area contributed by atoms with Gasteiger partial charge in [-0.1, -0.05) is 12.5 Å². The molecule has 0 atom stereocenters. The SMILES string of the molecule is C=CCCCCCC(=O)N(C)CCC(=O)[O-].[Na+]. The van der Waals surface area contributed by atoms with Gasteiger partial charge in [-0.05, 0) is 19.3 Å². The van der Waals surface area contributed by atoms with Crippen LogP contribution in [0.25, 0.3) is 0 Å². The smallest absolute Gasteiger partial charge is 0.550 e. The van der Waals surface area contributed by atoms with Crippen molar-refractivity contribution in [1.29, 1.82) is 0 Å². The van der Waals surface area contributed by atoms with Gasteiger partial charge in [0.15, 0.2) is 0 Å². The van der Waals surface area contributed by atoms with Crippen molar-refractivity contribution in [3.8, 4) is 0 Å². The number of hydrogen-bond acceptors (Lipinski definition) is 3. The molecule has 0 aromatic carbocycles. The van der Waals surface area contributed by atoms with Crippen LogP contribution in [0, 0.1) is 0 Å². The molecule has 0 radical (unpaired) electrons. The summed E-state index contributed by atoms with van der Waals surface area (Å²) in [6.07, 6.45) is 6.15. The van der Waals surface area contributed by atoms with Gasteiger partial charge in [0.25, 0.3) is 0 Å². The molecule has 0 aliphatic carbocycles. The van der Waals surface area contributed by atoms with E-state index in [0.29, 0.717) is 6.42 Å². The predicted octanol–water partition coefficient (Wildman–Crippen LogP) is -2.27. The third-order valence-corrected chi connectivity index (χ3v) is 2.38. The van der Waals surface area contributed by atoms with E-state index in [1.54, 1.807) is 7.05 Å². The Morgan fingerprint density at radius 1 is 1.24 bits per heavy atom. The van der Waals surface area contributed by atoms with Crippen molar-refractivity contribution in [1.82, 2.24) is 4.90 Å². The number of allylic oxidation sites excluding steroid dienone is 1. The second kappa shape index (κ2) is 12.1. The first-order chi connectivity index (χ1) is 7.57. The van der Waals surface area contributed by atoms with Crippen LogP contribution in [0.1, 0.15) is 38.5 Å². The molecule has 0 aromatic heterocycles. The zero-order valence-electron chi connectivity index (χ0n) is 10.9. The van der Waals surface area contributed by atoms with Crippen LogP contribution in [0.5, 0.6) is 0 Å². The van der Waals surface area contributed by atoms with E-state index in [0.717, 1.165) is 25.7 Å². The van der Waals surface area contributed by atoms with Crippen molar-refractivity contribution in [3.63, 3.8) is 0 Å². The van der Waals surface area contributed by atoms with Crippen LogP contribution in [-0.4, -0.2) is 30.4 Å². The first kappa shape index (κ1) is 19.0. The zero-order chi connectivity index (χ0) is 12.4. The van der Waals surface area contributed by atoms with Crippen molar-refractivity contribution in [2.75, 3.05) is 13.6 Å². The third-order valence-electron chi connectivity index (χ3n) is 2.38. The minimum Gasteiger partial charge on any atom is -0.550 e. The minimum absolute atomic E-state index is 0. The number of carboxylic acids is 1. The summed E-state index contributed by atoms with van der Waals surface area (Å²) in [5.41, 5.74) is 0. The zero-order valence-corrected chi connectivity index (χ0v) is 12.9. The molecule has 17 heavy (non-hydrogen) atoms. The normalized spacial score (nSPS) is 9.24. The fraction of sp³-hybridized carbons (Fsp3) is 0.667. The van der Waals surface area contributed by atoms with Gasteiger partial charge in [0.05, 0.1) is 0 Å². The number of carbonyl (C=O) groups is 2. The number of amides is 1. The van der Waals surface area contributed by atoms with E-state index in [9.17, 15) is 14.7 Å². The van der Waals surface area contributed by atoms with Crippen LogP contribution in [0.3, 0.4) is 0 Å². The number of hydrogen-bond donors (Lipinski definition) is 0. The van der Waals surface area contributed by atoms with Crippen LogP contribution >= 0.6 is 0 Å². The Morgan fingerprint density at radius 3 is 2.41 bits per heavy atom. The third kappa shape index (κ3) is 11.9. The molecule has 0 rings (SSSR count). The van der Waals surface area contributed by atoms with Crippen LogP contribution in [-0.2, 0) is 9.59 Å². The largest absolute Gasteiger partial charge is 1.00 e. The molecular formula is C12H20NNaO3. The summed E-state index contributed by atoms with van der Waals surface area (Å²) >= 11 is 0. The molecule has 0 spiro atoms. The average Bonchev–Trinajstić information content (AvgIpc) is 2.25. The van der Waals surface area contributed by atoms with Gasteiger partial charge in [-0.3, -0.25) is 4.79 Å². The van der Waals surface area contributed by atoms with E-state index in [1.165, 1.54) is 4.90 Å². The molecule has 1 amide bonds. The summed E-state index contributed by atoms with van der Waals surface area (Å²) in [6.45, 7) is 3.86. The van der Waals surface area contributed by atoms with E-state index in [-0.39, 0.29) is 48.4 Å². The van der Waals surface area contributed by atoms with Crippen molar-refractivity contribution >= 4 is 11.9 Å². The summed E-state index contributed by atoms with van der Waals surface area (Å²) in [7, 11) is 1.62. The molecule has 0 unspecified atom stereocenters. The Balaban J connectivity index is 0. The second-order valence-electron chi connectivity index (χ2n) is 3.83. The standard InChI is InChI=1S/C12H21NO3.Na/c1-3-4-5-6-7-8-11(14)13(2)10-9-12(15)16;/h3H,1,4-10H2,2H3,(H,15,16);/q;+1/p-1. The van der Waals surface area contributed by atoms with E-state index in [2.05, 4.69) is 6.58 Å². The first-order valence-corrected chi connectivity index (χ1v) is 5.62. The first-order valence-electron chi connectivity index (χ1n) is 5.62. The molecule has 0 N–H and O–H groups in total. The number of rotatable bonds is 9. The molecule has 0 aromatic rings. The molecule has 0 fully saturated rings. The van der Waals surface area contributed by atoms with E-state index in [4.69, 9.17) is 0 Å². The summed E-state index contributed by atoms with van der Waals surface area (Å²) in [5, 5.41) is 10.2. The molecule has 0 bridgehead atoms. The van der Waals surface area contributed by atoms with Crippen LogP contribution in [0.15, 0.2) is 12.7 Å². The Bertz CT molecular complexity index is 244. The van der Waals surface area contributed by atoms with Crippen LogP contribution in [0.2, 0.25) is 0 Å². The summed E-state index contributed by atoms with van der Waals surface area (Å²) in [4.78, 5) is 23.1. The van der Waals surface area contributed by atoms with Crippen molar-refractivity contribution in [2.24, 2.45) is 0 Å². The van der Waals surface area contributed by atoms with Gasteiger partial charge >= 0.3 is 29.6 Å². The molecule has 92 valence electrons. The molecule has 0 heterocycles. The van der Waals surface area contributed by atoms with Gasteiger partial charge in [-0.2, -0.15) is 0 Å². The monoisotopic (exact) mass is 249 g/mol. The predicted molar refractivity (Wildman–Crippen MR) is 60.5 cm³/mol. The minimum atomic E-state index is -1.12. The summed E-state index contributed by atoms with van der Waals surface area (Å²) < 4.78 is 0. The molecule has 0 saturated carbocycles. The molecule has 4 nitrogen and oxygen atoms in total. The summed E-state index contributed by atoms with van der Waals surface area (Å²) in [6, 6.07) is 0. The molecule has 0 aliphatic rings. The maximum atomic E-state index is 11.5.